The first-order chi connectivity index (χ1) is 7.99. The van der Waals surface area contributed by atoms with Gasteiger partial charge in [-0.2, -0.15) is 0 Å². The average molecular weight is 301 g/mol. The van der Waals surface area contributed by atoms with Crippen molar-refractivity contribution >= 4 is 21.8 Å². The van der Waals surface area contributed by atoms with Crippen molar-refractivity contribution in [3.63, 3.8) is 0 Å². The Morgan fingerprint density at radius 2 is 2.06 bits per heavy atom. The number of carbonyl (C=O) groups is 1. The fraction of sp³-hybridized carbons (Fsp3) is 0.500. The molecule has 0 aliphatic carbocycles. The second-order valence-corrected chi connectivity index (χ2v) is 4.83. The lowest BCUT2D eigenvalue weighted by Crippen LogP contribution is -2.37. The van der Waals surface area contributed by atoms with Gasteiger partial charge in [-0.25, -0.2) is 0 Å². The number of amides is 1. The normalized spacial score (nSPS) is 10.6. The summed E-state index contributed by atoms with van der Waals surface area (Å²) < 4.78 is 0.729. The van der Waals surface area contributed by atoms with E-state index in [1.807, 2.05) is 13.8 Å². The van der Waals surface area contributed by atoms with Crippen LogP contribution in [0.1, 0.15) is 42.7 Å². The van der Waals surface area contributed by atoms with Crippen LogP contribution in [0.25, 0.3) is 0 Å². The van der Waals surface area contributed by atoms with E-state index in [1.54, 1.807) is 13.0 Å². The molecule has 0 aromatic carbocycles. The van der Waals surface area contributed by atoms with Gasteiger partial charge >= 0.3 is 0 Å². The Morgan fingerprint density at radius 3 is 2.59 bits per heavy atom. The summed E-state index contributed by atoms with van der Waals surface area (Å²) in [6.07, 6.45) is 1.71. The molecule has 2 N–H and O–H groups in total. The number of aromatic amines is 1. The Balaban J connectivity index is 2.97. The lowest BCUT2D eigenvalue weighted by atomic mass is 10.1. The highest BCUT2D eigenvalue weighted by Gasteiger charge is 2.15. The molecule has 0 spiro atoms. The van der Waals surface area contributed by atoms with E-state index in [9.17, 15) is 9.59 Å². The first-order valence-corrected chi connectivity index (χ1v) is 6.49. The molecule has 0 unspecified atom stereocenters. The molecule has 5 heteroatoms. The van der Waals surface area contributed by atoms with Crippen molar-refractivity contribution in [1.82, 2.24) is 10.3 Å². The van der Waals surface area contributed by atoms with Gasteiger partial charge in [0.15, 0.2) is 0 Å². The number of aromatic nitrogens is 1. The van der Waals surface area contributed by atoms with Crippen molar-refractivity contribution in [2.24, 2.45) is 0 Å². The second kappa shape index (κ2) is 6.00. The summed E-state index contributed by atoms with van der Waals surface area (Å²) in [6, 6.07) is 1.67. The molecule has 0 aliphatic rings. The Kier molecular flexibility index (Phi) is 4.93. The van der Waals surface area contributed by atoms with Gasteiger partial charge in [0.1, 0.15) is 5.56 Å². The summed E-state index contributed by atoms with van der Waals surface area (Å²) in [7, 11) is 0. The zero-order valence-electron chi connectivity index (χ0n) is 10.3. The fourth-order valence-corrected chi connectivity index (χ4v) is 1.85. The molecule has 17 heavy (non-hydrogen) atoms. The third kappa shape index (κ3) is 3.43. The van der Waals surface area contributed by atoms with Gasteiger partial charge in [0, 0.05) is 16.2 Å². The van der Waals surface area contributed by atoms with E-state index in [0.717, 1.165) is 17.3 Å². The van der Waals surface area contributed by atoms with E-state index in [1.165, 1.54) is 0 Å². The van der Waals surface area contributed by atoms with Gasteiger partial charge < -0.3 is 10.3 Å². The lowest BCUT2D eigenvalue weighted by Gasteiger charge is -2.14. The summed E-state index contributed by atoms with van der Waals surface area (Å²) >= 11 is 3.30. The monoisotopic (exact) mass is 300 g/mol. The maximum atomic E-state index is 11.9. The maximum absolute atomic E-state index is 11.9. The number of H-pyrrole nitrogens is 1. The molecular formula is C12H17BrN2O2. The zero-order valence-corrected chi connectivity index (χ0v) is 11.8. The largest absolute Gasteiger partial charge is 0.349 e. The SMILES string of the molecule is CCC(CC)NC(=O)c1cc(Br)c(C)[nH]c1=O. The summed E-state index contributed by atoms with van der Waals surface area (Å²) in [6.45, 7) is 5.78. The van der Waals surface area contributed by atoms with Crippen molar-refractivity contribution in [3.05, 3.63) is 32.2 Å². The minimum Gasteiger partial charge on any atom is -0.349 e. The first kappa shape index (κ1) is 14.0. The van der Waals surface area contributed by atoms with Crippen molar-refractivity contribution in [3.8, 4) is 0 Å². The average Bonchev–Trinajstić information content (AvgIpc) is 2.30. The van der Waals surface area contributed by atoms with E-state index >= 15 is 0 Å². The predicted molar refractivity (Wildman–Crippen MR) is 71.3 cm³/mol. The van der Waals surface area contributed by atoms with Crippen molar-refractivity contribution in [2.75, 3.05) is 0 Å². The van der Waals surface area contributed by atoms with Crippen LogP contribution in [0.5, 0.6) is 0 Å². The Hall–Kier alpha value is -1.10. The molecule has 0 radical (unpaired) electrons. The molecule has 1 heterocycles. The molecule has 0 saturated carbocycles. The topological polar surface area (TPSA) is 62.0 Å². The molecule has 0 aliphatic heterocycles. The number of pyridine rings is 1. The summed E-state index contributed by atoms with van der Waals surface area (Å²) in [5.41, 5.74) is 0.512. The summed E-state index contributed by atoms with van der Waals surface area (Å²) in [5, 5.41) is 2.84. The molecule has 1 rings (SSSR count). The summed E-state index contributed by atoms with van der Waals surface area (Å²) in [5.74, 6) is -0.319. The molecule has 0 bridgehead atoms. The van der Waals surface area contributed by atoms with Gasteiger partial charge in [0.2, 0.25) is 0 Å². The number of carbonyl (C=O) groups excluding carboxylic acids is 1. The predicted octanol–water partition coefficient (Wildman–Crippen LogP) is 2.36. The highest BCUT2D eigenvalue weighted by atomic mass is 79.9. The van der Waals surface area contributed by atoms with Crippen LogP contribution >= 0.6 is 15.9 Å². The molecule has 1 aromatic heterocycles. The highest BCUT2D eigenvalue weighted by molar-refractivity contribution is 9.10. The van der Waals surface area contributed by atoms with Crippen LogP contribution in [0.4, 0.5) is 0 Å². The minimum absolute atomic E-state index is 0.113. The van der Waals surface area contributed by atoms with Crippen LogP contribution in [-0.2, 0) is 0 Å². The Labute approximate surface area is 109 Å². The van der Waals surface area contributed by atoms with Crippen molar-refractivity contribution in [2.45, 2.75) is 39.7 Å². The number of halogens is 1. The summed E-state index contributed by atoms with van der Waals surface area (Å²) in [4.78, 5) is 26.2. The Bertz CT molecular complexity index is 464. The molecule has 0 fully saturated rings. The molecule has 94 valence electrons. The highest BCUT2D eigenvalue weighted by Crippen LogP contribution is 2.12. The smallest absolute Gasteiger partial charge is 0.261 e. The van der Waals surface area contributed by atoms with Gasteiger partial charge in [0.25, 0.3) is 11.5 Å². The Morgan fingerprint density at radius 1 is 1.47 bits per heavy atom. The number of hydrogen-bond donors (Lipinski definition) is 2. The van der Waals surface area contributed by atoms with Crippen molar-refractivity contribution in [1.29, 1.82) is 0 Å². The molecular weight excluding hydrogens is 284 g/mol. The maximum Gasteiger partial charge on any atom is 0.261 e. The third-order valence-corrected chi connectivity index (χ3v) is 3.56. The van der Waals surface area contributed by atoms with Crippen LogP contribution in [0, 0.1) is 6.92 Å². The van der Waals surface area contributed by atoms with E-state index in [2.05, 4.69) is 26.2 Å². The van der Waals surface area contributed by atoms with Gasteiger partial charge in [-0.15, -0.1) is 0 Å². The number of nitrogens with one attached hydrogen (secondary N) is 2. The second-order valence-electron chi connectivity index (χ2n) is 3.97. The van der Waals surface area contributed by atoms with Gasteiger partial charge in [-0.3, -0.25) is 9.59 Å². The number of aryl methyl sites for hydroxylation is 1. The quantitative estimate of drug-likeness (QED) is 0.897. The lowest BCUT2D eigenvalue weighted by molar-refractivity contribution is 0.0933. The third-order valence-electron chi connectivity index (χ3n) is 2.74. The number of hydrogen-bond acceptors (Lipinski definition) is 2. The van der Waals surface area contributed by atoms with Crippen molar-refractivity contribution < 1.29 is 4.79 Å². The van der Waals surface area contributed by atoms with E-state index in [0.29, 0.717) is 5.69 Å². The minimum atomic E-state index is -0.353. The molecule has 4 nitrogen and oxygen atoms in total. The van der Waals surface area contributed by atoms with Gasteiger partial charge in [0.05, 0.1) is 0 Å². The molecule has 0 saturated heterocycles. The van der Waals surface area contributed by atoms with Crippen LogP contribution in [0.15, 0.2) is 15.3 Å². The van der Waals surface area contributed by atoms with Crippen LogP contribution < -0.4 is 10.9 Å². The fourth-order valence-electron chi connectivity index (χ4n) is 1.52. The molecule has 1 amide bonds. The van der Waals surface area contributed by atoms with Gasteiger partial charge in [-0.1, -0.05) is 13.8 Å². The van der Waals surface area contributed by atoms with Gasteiger partial charge in [-0.05, 0) is 41.8 Å². The van der Waals surface area contributed by atoms with E-state index in [4.69, 9.17) is 0 Å². The standard InChI is InChI=1S/C12H17BrN2O2/c1-4-8(5-2)15-12(17)9-6-10(13)7(3)14-11(9)16/h6,8H,4-5H2,1-3H3,(H,14,16)(H,15,17). The zero-order chi connectivity index (χ0) is 13.0. The van der Waals surface area contributed by atoms with Crippen LogP contribution in [0.3, 0.4) is 0 Å². The van der Waals surface area contributed by atoms with Crippen LogP contribution in [-0.4, -0.2) is 16.9 Å². The van der Waals surface area contributed by atoms with E-state index < -0.39 is 0 Å². The first-order valence-electron chi connectivity index (χ1n) is 5.69. The molecule has 1 aromatic rings. The van der Waals surface area contributed by atoms with E-state index in [-0.39, 0.29) is 23.1 Å². The molecule has 0 atom stereocenters. The number of rotatable bonds is 4. The van der Waals surface area contributed by atoms with Crippen LogP contribution in [0.2, 0.25) is 0 Å².